The van der Waals surface area contributed by atoms with Crippen LogP contribution in [0.2, 0.25) is 0 Å². The Labute approximate surface area is 178 Å². The van der Waals surface area contributed by atoms with Gasteiger partial charge in [-0.15, -0.1) is 10.2 Å². The van der Waals surface area contributed by atoms with E-state index in [0.717, 1.165) is 32.5 Å². The molecule has 0 aliphatic rings. The fraction of sp³-hybridized carbons (Fsp3) is 0.130. The van der Waals surface area contributed by atoms with Gasteiger partial charge < -0.3 is 0 Å². The SMILES string of the molecule is Cc1cc(C)cc(-n2c(SCc3ccccc3)nnc2-c2ccc(Br)cc2)c1. The average Bonchev–Trinajstić information content (AvgIpc) is 3.11. The normalized spacial score (nSPS) is 11.0. The number of halogens is 1. The molecule has 0 bridgehead atoms. The van der Waals surface area contributed by atoms with Crippen molar-refractivity contribution in [2.75, 3.05) is 0 Å². The summed E-state index contributed by atoms with van der Waals surface area (Å²) in [5.74, 6) is 1.71. The number of aryl methyl sites for hydroxylation is 2. The number of hydrogen-bond acceptors (Lipinski definition) is 3. The molecule has 0 unspecified atom stereocenters. The molecule has 0 saturated heterocycles. The highest BCUT2D eigenvalue weighted by Gasteiger charge is 2.17. The molecule has 4 rings (SSSR count). The Hall–Kier alpha value is -2.37. The van der Waals surface area contributed by atoms with Crippen LogP contribution in [0.1, 0.15) is 16.7 Å². The van der Waals surface area contributed by atoms with Gasteiger partial charge in [-0.3, -0.25) is 4.57 Å². The van der Waals surface area contributed by atoms with Crippen LogP contribution in [0, 0.1) is 13.8 Å². The van der Waals surface area contributed by atoms with Gasteiger partial charge in [0.15, 0.2) is 11.0 Å². The molecule has 140 valence electrons. The van der Waals surface area contributed by atoms with Crippen LogP contribution < -0.4 is 0 Å². The lowest BCUT2D eigenvalue weighted by molar-refractivity contribution is 0.884. The Bertz CT molecular complexity index is 1070. The fourth-order valence-electron chi connectivity index (χ4n) is 3.18. The Balaban J connectivity index is 1.78. The molecule has 0 aliphatic heterocycles. The Morgan fingerprint density at radius 3 is 2.21 bits per heavy atom. The van der Waals surface area contributed by atoms with E-state index < -0.39 is 0 Å². The zero-order valence-electron chi connectivity index (χ0n) is 15.8. The lowest BCUT2D eigenvalue weighted by atomic mass is 10.1. The first kappa shape index (κ1) is 19.0. The molecule has 0 saturated carbocycles. The van der Waals surface area contributed by atoms with E-state index in [1.54, 1.807) is 11.8 Å². The van der Waals surface area contributed by atoms with Crippen molar-refractivity contribution in [3.8, 4) is 17.1 Å². The van der Waals surface area contributed by atoms with Gasteiger partial charge in [0.2, 0.25) is 0 Å². The molecule has 0 aliphatic carbocycles. The molecule has 0 spiro atoms. The van der Waals surface area contributed by atoms with E-state index in [1.165, 1.54) is 16.7 Å². The minimum absolute atomic E-state index is 0.851. The number of aromatic nitrogens is 3. The summed E-state index contributed by atoms with van der Waals surface area (Å²) in [7, 11) is 0. The average molecular weight is 450 g/mol. The highest BCUT2D eigenvalue weighted by atomic mass is 79.9. The van der Waals surface area contributed by atoms with Crippen LogP contribution in [0.25, 0.3) is 17.1 Å². The molecule has 3 nitrogen and oxygen atoms in total. The van der Waals surface area contributed by atoms with Crippen molar-refractivity contribution in [1.29, 1.82) is 0 Å². The van der Waals surface area contributed by atoms with Crippen LogP contribution in [0.5, 0.6) is 0 Å². The highest BCUT2D eigenvalue weighted by Crippen LogP contribution is 2.31. The molecular formula is C23H20BrN3S. The van der Waals surface area contributed by atoms with Gasteiger partial charge in [0.1, 0.15) is 0 Å². The molecule has 28 heavy (non-hydrogen) atoms. The summed E-state index contributed by atoms with van der Waals surface area (Å²) in [4.78, 5) is 0. The van der Waals surface area contributed by atoms with Gasteiger partial charge in [0, 0.05) is 15.8 Å². The first-order valence-electron chi connectivity index (χ1n) is 9.07. The van der Waals surface area contributed by atoms with Crippen LogP contribution in [0.15, 0.2) is 82.4 Å². The van der Waals surface area contributed by atoms with E-state index >= 15 is 0 Å². The minimum Gasteiger partial charge on any atom is -0.270 e. The predicted octanol–water partition coefficient (Wildman–Crippen LogP) is 6.61. The van der Waals surface area contributed by atoms with E-state index in [1.807, 2.05) is 18.2 Å². The summed E-state index contributed by atoms with van der Waals surface area (Å²) in [5, 5.41) is 9.97. The minimum atomic E-state index is 0.851. The van der Waals surface area contributed by atoms with E-state index in [4.69, 9.17) is 0 Å². The maximum absolute atomic E-state index is 4.54. The van der Waals surface area contributed by atoms with E-state index in [9.17, 15) is 0 Å². The number of nitrogens with zero attached hydrogens (tertiary/aromatic N) is 3. The molecular weight excluding hydrogens is 430 g/mol. The first-order chi connectivity index (χ1) is 13.6. The smallest absolute Gasteiger partial charge is 0.196 e. The zero-order valence-corrected chi connectivity index (χ0v) is 18.2. The van der Waals surface area contributed by atoms with E-state index in [2.05, 4.69) is 99.1 Å². The zero-order chi connectivity index (χ0) is 19.5. The molecule has 0 radical (unpaired) electrons. The monoisotopic (exact) mass is 449 g/mol. The maximum Gasteiger partial charge on any atom is 0.196 e. The lowest BCUT2D eigenvalue weighted by Crippen LogP contribution is -2.01. The standard InChI is InChI=1S/C23H20BrN3S/c1-16-12-17(2)14-21(13-16)27-22(19-8-10-20(24)11-9-19)25-26-23(27)28-15-18-6-4-3-5-7-18/h3-14H,15H2,1-2H3. The second kappa shape index (κ2) is 8.33. The summed E-state index contributed by atoms with van der Waals surface area (Å²) < 4.78 is 3.21. The second-order valence-electron chi connectivity index (χ2n) is 6.77. The van der Waals surface area contributed by atoms with Gasteiger partial charge in [-0.1, -0.05) is 76.2 Å². The van der Waals surface area contributed by atoms with Crippen molar-refractivity contribution in [1.82, 2.24) is 14.8 Å². The largest absolute Gasteiger partial charge is 0.270 e. The van der Waals surface area contributed by atoms with Crippen molar-refractivity contribution >= 4 is 27.7 Å². The summed E-state index contributed by atoms with van der Waals surface area (Å²) in [6, 6.07) is 25.2. The molecule has 5 heteroatoms. The second-order valence-corrected chi connectivity index (χ2v) is 8.63. The Kier molecular flexibility index (Phi) is 5.64. The van der Waals surface area contributed by atoms with Crippen molar-refractivity contribution in [2.45, 2.75) is 24.8 Å². The summed E-state index contributed by atoms with van der Waals surface area (Å²) in [6.45, 7) is 4.24. The summed E-state index contributed by atoms with van der Waals surface area (Å²) >= 11 is 5.21. The van der Waals surface area contributed by atoms with Gasteiger partial charge in [0.05, 0.1) is 5.69 Å². The predicted molar refractivity (Wildman–Crippen MR) is 120 cm³/mol. The topological polar surface area (TPSA) is 30.7 Å². The lowest BCUT2D eigenvalue weighted by Gasteiger charge is -2.12. The summed E-state index contributed by atoms with van der Waals surface area (Å²) in [6.07, 6.45) is 0. The molecule has 4 aromatic rings. The van der Waals surface area contributed by atoms with Crippen LogP contribution in [-0.2, 0) is 5.75 Å². The van der Waals surface area contributed by atoms with Crippen LogP contribution in [0.4, 0.5) is 0 Å². The Morgan fingerprint density at radius 1 is 0.857 bits per heavy atom. The molecule has 0 atom stereocenters. The van der Waals surface area contributed by atoms with Gasteiger partial charge in [-0.2, -0.15) is 0 Å². The van der Waals surface area contributed by atoms with Gasteiger partial charge >= 0.3 is 0 Å². The van der Waals surface area contributed by atoms with Crippen molar-refractivity contribution in [3.63, 3.8) is 0 Å². The molecule has 1 aromatic heterocycles. The third-order valence-electron chi connectivity index (χ3n) is 4.41. The highest BCUT2D eigenvalue weighted by molar-refractivity contribution is 9.10. The molecule has 1 heterocycles. The van der Waals surface area contributed by atoms with Crippen molar-refractivity contribution < 1.29 is 0 Å². The molecule has 3 aromatic carbocycles. The molecule has 0 N–H and O–H groups in total. The Morgan fingerprint density at radius 2 is 1.54 bits per heavy atom. The van der Waals surface area contributed by atoms with Crippen LogP contribution >= 0.6 is 27.7 Å². The maximum atomic E-state index is 4.54. The van der Waals surface area contributed by atoms with Gasteiger partial charge in [-0.05, 0) is 54.8 Å². The summed E-state index contributed by atoms with van der Waals surface area (Å²) in [5.41, 5.74) is 5.86. The first-order valence-corrected chi connectivity index (χ1v) is 10.8. The van der Waals surface area contributed by atoms with Crippen molar-refractivity contribution in [2.24, 2.45) is 0 Å². The van der Waals surface area contributed by atoms with E-state index in [-0.39, 0.29) is 0 Å². The third kappa shape index (κ3) is 4.21. The quantitative estimate of drug-likeness (QED) is 0.321. The number of benzene rings is 3. The van der Waals surface area contributed by atoms with Crippen LogP contribution in [0.3, 0.4) is 0 Å². The molecule has 0 fully saturated rings. The fourth-order valence-corrected chi connectivity index (χ4v) is 4.36. The third-order valence-corrected chi connectivity index (χ3v) is 5.94. The van der Waals surface area contributed by atoms with Gasteiger partial charge in [0.25, 0.3) is 0 Å². The molecule has 0 amide bonds. The van der Waals surface area contributed by atoms with E-state index in [0.29, 0.717) is 0 Å². The van der Waals surface area contributed by atoms with Crippen molar-refractivity contribution in [3.05, 3.63) is 94.0 Å². The number of hydrogen-bond donors (Lipinski definition) is 0. The van der Waals surface area contributed by atoms with Gasteiger partial charge in [-0.25, -0.2) is 0 Å². The number of rotatable bonds is 5. The van der Waals surface area contributed by atoms with Crippen LogP contribution in [-0.4, -0.2) is 14.8 Å². The number of thioether (sulfide) groups is 1.